The van der Waals surface area contributed by atoms with Crippen LogP contribution in [0.1, 0.15) is 25.7 Å². The van der Waals surface area contributed by atoms with Crippen molar-refractivity contribution in [3.05, 3.63) is 0 Å². The van der Waals surface area contributed by atoms with Crippen molar-refractivity contribution in [2.24, 2.45) is 11.8 Å². The Labute approximate surface area is 93.1 Å². The Bertz CT molecular complexity index is 220. The van der Waals surface area contributed by atoms with E-state index in [-0.39, 0.29) is 24.7 Å². The third-order valence-corrected chi connectivity index (χ3v) is 3.98. The summed E-state index contributed by atoms with van der Waals surface area (Å²) in [5.74, 6) is 0.298. The lowest BCUT2D eigenvalue weighted by Gasteiger charge is -2.27. The van der Waals surface area contributed by atoms with Gasteiger partial charge >= 0.3 is 11.9 Å². The Kier molecular flexibility index (Phi) is 4.94. The largest absolute Gasteiger partial charge is 0.481 e. The van der Waals surface area contributed by atoms with Crippen LogP contribution in [0, 0.1) is 11.8 Å². The molecule has 1 saturated heterocycles. The standard InChI is InChI=1S/C10H16O4S/c11-9(12)4-8(5-10(13)14)7-2-1-3-15-6-7/h7-8H,1-6H2,(H,11,12)(H,13,14). The molecular formula is C10H16O4S. The first-order valence-corrected chi connectivity index (χ1v) is 6.26. The molecule has 86 valence electrons. The molecule has 2 N–H and O–H groups in total. The highest BCUT2D eigenvalue weighted by Crippen LogP contribution is 2.32. The number of rotatable bonds is 5. The first-order chi connectivity index (χ1) is 7.09. The summed E-state index contributed by atoms with van der Waals surface area (Å²) in [5, 5.41) is 17.5. The number of carboxylic acid groups (broad SMARTS) is 2. The zero-order valence-corrected chi connectivity index (χ0v) is 9.33. The van der Waals surface area contributed by atoms with Gasteiger partial charge in [-0.25, -0.2) is 0 Å². The van der Waals surface area contributed by atoms with Crippen LogP contribution < -0.4 is 0 Å². The molecule has 0 amide bonds. The fourth-order valence-electron chi connectivity index (χ4n) is 1.99. The Morgan fingerprint density at radius 2 is 1.87 bits per heavy atom. The van der Waals surface area contributed by atoms with Gasteiger partial charge in [-0.2, -0.15) is 11.8 Å². The minimum absolute atomic E-state index is 0.0163. The average molecular weight is 232 g/mol. The molecule has 0 bridgehead atoms. The van der Waals surface area contributed by atoms with E-state index in [1.54, 1.807) is 11.8 Å². The topological polar surface area (TPSA) is 74.6 Å². The van der Waals surface area contributed by atoms with Gasteiger partial charge in [0.15, 0.2) is 0 Å². The van der Waals surface area contributed by atoms with E-state index >= 15 is 0 Å². The molecule has 0 aromatic heterocycles. The summed E-state index contributed by atoms with van der Waals surface area (Å²) in [6, 6.07) is 0. The molecule has 15 heavy (non-hydrogen) atoms. The van der Waals surface area contributed by atoms with Gasteiger partial charge in [0, 0.05) is 12.8 Å². The Morgan fingerprint density at radius 1 is 1.27 bits per heavy atom. The molecule has 1 unspecified atom stereocenters. The van der Waals surface area contributed by atoms with Crippen molar-refractivity contribution >= 4 is 23.7 Å². The smallest absolute Gasteiger partial charge is 0.303 e. The number of hydrogen-bond acceptors (Lipinski definition) is 3. The van der Waals surface area contributed by atoms with Crippen LogP contribution in [-0.2, 0) is 9.59 Å². The summed E-state index contributed by atoms with van der Waals surface area (Å²) in [7, 11) is 0. The second-order valence-electron chi connectivity index (χ2n) is 3.93. The molecule has 0 aromatic carbocycles. The molecule has 0 saturated carbocycles. The molecule has 1 aliphatic rings. The predicted octanol–water partition coefficient (Wildman–Crippen LogP) is 1.70. The highest BCUT2D eigenvalue weighted by Gasteiger charge is 2.27. The summed E-state index contributed by atoms with van der Waals surface area (Å²) >= 11 is 1.80. The summed E-state index contributed by atoms with van der Waals surface area (Å²) < 4.78 is 0. The number of thioether (sulfide) groups is 1. The maximum Gasteiger partial charge on any atom is 0.303 e. The number of carbonyl (C=O) groups is 2. The summed E-state index contributed by atoms with van der Waals surface area (Å²) in [5.41, 5.74) is 0. The maximum absolute atomic E-state index is 10.6. The van der Waals surface area contributed by atoms with Crippen molar-refractivity contribution in [3.8, 4) is 0 Å². The number of carboxylic acids is 2. The van der Waals surface area contributed by atoms with E-state index in [0.29, 0.717) is 0 Å². The maximum atomic E-state index is 10.6. The van der Waals surface area contributed by atoms with Gasteiger partial charge in [-0.1, -0.05) is 0 Å². The van der Waals surface area contributed by atoms with E-state index in [0.717, 1.165) is 24.3 Å². The summed E-state index contributed by atoms with van der Waals surface area (Å²) in [4.78, 5) is 21.3. The minimum Gasteiger partial charge on any atom is -0.481 e. The Balaban J connectivity index is 2.52. The highest BCUT2D eigenvalue weighted by molar-refractivity contribution is 7.99. The second kappa shape index (κ2) is 6.00. The molecule has 4 nitrogen and oxygen atoms in total. The molecule has 5 heteroatoms. The van der Waals surface area contributed by atoms with Gasteiger partial charge in [0.05, 0.1) is 0 Å². The van der Waals surface area contributed by atoms with Gasteiger partial charge < -0.3 is 10.2 Å². The second-order valence-corrected chi connectivity index (χ2v) is 5.08. The zero-order valence-electron chi connectivity index (χ0n) is 8.52. The van der Waals surface area contributed by atoms with Gasteiger partial charge in [0.25, 0.3) is 0 Å². The lowest BCUT2D eigenvalue weighted by atomic mass is 9.85. The first-order valence-electron chi connectivity index (χ1n) is 5.11. The van der Waals surface area contributed by atoms with Crippen LogP contribution in [0.4, 0.5) is 0 Å². The molecule has 0 spiro atoms. The summed E-state index contributed by atoms with van der Waals surface area (Å²) in [6.07, 6.45) is 2.01. The fourth-order valence-corrected chi connectivity index (χ4v) is 3.27. The van der Waals surface area contributed by atoms with Gasteiger partial charge in [-0.15, -0.1) is 0 Å². The van der Waals surface area contributed by atoms with Crippen LogP contribution in [0.3, 0.4) is 0 Å². The van der Waals surface area contributed by atoms with E-state index < -0.39 is 11.9 Å². The van der Waals surface area contributed by atoms with E-state index in [1.807, 2.05) is 0 Å². The van der Waals surface area contributed by atoms with E-state index in [4.69, 9.17) is 10.2 Å². The van der Waals surface area contributed by atoms with Gasteiger partial charge in [-0.05, 0) is 36.2 Å². The normalized spacial score (nSPS) is 21.5. The third kappa shape index (κ3) is 4.55. The van der Waals surface area contributed by atoms with E-state index in [9.17, 15) is 9.59 Å². The molecule has 1 rings (SSSR count). The molecule has 1 fully saturated rings. The molecular weight excluding hydrogens is 216 g/mol. The van der Waals surface area contributed by atoms with Crippen LogP contribution in [0.5, 0.6) is 0 Å². The lowest BCUT2D eigenvalue weighted by Crippen LogP contribution is -2.25. The van der Waals surface area contributed by atoms with Gasteiger partial charge in [-0.3, -0.25) is 9.59 Å². The van der Waals surface area contributed by atoms with E-state index in [1.165, 1.54) is 0 Å². The molecule has 1 atom stereocenters. The fraction of sp³-hybridized carbons (Fsp3) is 0.800. The van der Waals surface area contributed by atoms with Crippen LogP contribution in [0.25, 0.3) is 0 Å². The van der Waals surface area contributed by atoms with Gasteiger partial charge in [0.2, 0.25) is 0 Å². The minimum atomic E-state index is -0.892. The first kappa shape index (κ1) is 12.4. The number of hydrogen-bond donors (Lipinski definition) is 2. The van der Waals surface area contributed by atoms with E-state index in [2.05, 4.69) is 0 Å². The van der Waals surface area contributed by atoms with Crippen LogP contribution in [0.15, 0.2) is 0 Å². The number of aliphatic carboxylic acids is 2. The predicted molar refractivity (Wildman–Crippen MR) is 58.0 cm³/mol. The van der Waals surface area contributed by atoms with Crippen molar-refractivity contribution in [2.75, 3.05) is 11.5 Å². The molecule has 1 aliphatic heterocycles. The van der Waals surface area contributed by atoms with Crippen molar-refractivity contribution in [1.29, 1.82) is 0 Å². The Hall–Kier alpha value is -0.710. The quantitative estimate of drug-likeness (QED) is 0.754. The third-order valence-electron chi connectivity index (χ3n) is 2.74. The van der Waals surface area contributed by atoms with Crippen molar-refractivity contribution in [3.63, 3.8) is 0 Å². The lowest BCUT2D eigenvalue weighted by molar-refractivity contribution is -0.141. The Morgan fingerprint density at radius 3 is 2.27 bits per heavy atom. The molecule has 0 radical (unpaired) electrons. The van der Waals surface area contributed by atoms with Gasteiger partial charge in [0.1, 0.15) is 0 Å². The monoisotopic (exact) mass is 232 g/mol. The summed E-state index contributed by atoms with van der Waals surface area (Å²) in [6.45, 7) is 0. The van der Waals surface area contributed by atoms with Crippen molar-refractivity contribution < 1.29 is 19.8 Å². The highest BCUT2D eigenvalue weighted by atomic mass is 32.2. The zero-order chi connectivity index (χ0) is 11.3. The van der Waals surface area contributed by atoms with Crippen LogP contribution >= 0.6 is 11.8 Å². The van der Waals surface area contributed by atoms with Crippen molar-refractivity contribution in [1.82, 2.24) is 0 Å². The molecule has 1 heterocycles. The average Bonchev–Trinajstić information content (AvgIpc) is 2.17. The van der Waals surface area contributed by atoms with Crippen LogP contribution in [-0.4, -0.2) is 33.7 Å². The molecule has 0 aromatic rings. The SMILES string of the molecule is O=C(O)CC(CC(=O)O)C1CCCSC1. The van der Waals surface area contributed by atoms with Crippen molar-refractivity contribution in [2.45, 2.75) is 25.7 Å². The molecule has 0 aliphatic carbocycles. The van der Waals surface area contributed by atoms with Crippen LogP contribution in [0.2, 0.25) is 0 Å².